The summed E-state index contributed by atoms with van der Waals surface area (Å²) in [6.07, 6.45) is 0. The van der Waals surface area contributed by atoms with Gasteiger partial charge in [-0.05, 0) is 13.8 Å². The largest absolute Gasteiger partial charge is 0.168 e. The predicted molar refractivity (Wildman–Crippen MR) is 49.0 cm³/mol. The molecule has 0 aromatic heterocycles. The summed E-state index contributed by atoms with van der Waals surface area (Å²) in [5, 5.41) is 2.75. The zero-order valence-corrected chi connectivity index (χ0v) is 9.84. The van der Waals surface area contributed by atoms with Gasteiger partial charge in [-0.1, -0.05) is 17.2 Å². The summed E-state index contributed by atoms with van der Waals surface area (Å²) in [4.78, 5) is 0. The van der Waals surface area contributed by atoms with E-state index in [-0.39, 0.29) is 26.2 Å². The molecule has 0 radical (unpaired) electrons. The van der Waals surface area contributed by atoms with Crippen molar-refractivity contribution in [1.82, 2.24) is 0 Å². The minimum Gasteiger partial charge on any atom is -0.168 e. The maximum atomic E-state index is 2.22. The van der Waals surface area contributed by atoms with Crippen molar-refractivity contribution in [1.29, 1.82) is 0 Å². The molecule has 0 saturated heterocycles. The minimum absolute atomic E-state index is 0. The monoisotopic (exact) mass is 233 g/mol. The van der Waals surface area contributed by atoms with E-state index < -0.39 is 0 Å². The normalized spacial score (nSPS) is 9.83. The van der Waals surface area contributed by atoms with Gasteiger partial charge in [0.15, 0.2) is 0 Å². The molecule has 12 heavy (non-hydrogen) atoms. The second-order valence-corrected chi connectivity index (χ2v) is 3.11. The molecule has 0 atom stereocenters. The Kier molecular flexibility index (Phi) is 2.95. The van der Waals surface area contributed by atoms with E-state index in [1.807, 2.05) is 0 Å². The maximum absolute atomic E-state index is 2.22. The third-order valence-corrected chi connectivity index (χ3v) is 2.10. The van der Waals surface area contributed by atoms with Crippen LogP contribution in [-0.2, 0) is 26.2 Å². The van der Waals surface area contributed by atoms with Gasteiger partial charge >= 0.3 is 0 Å². The molecule has 2 aromatic carbocycles. The van der Waals surface area contributed by atoms with E-state index in [1.165, 1.54) is 21.9 Å². The fourth-order valence-corrected chi connectivity index (χ4v) is 1.63. The van der Waals surface area contributed by atoms with Gasteiger partial charge in [-0.3, -0.25) is 0 Å². The Balaban J connectivity index is 0.000000720. The van der Waals surface area contributed by atoms with Crippen molar-refractivity contribution in [3.8, 4) is 0 Å². The molecule has 2 rings (SSSR count). The van der Waals surface area contributed by atoms with Crippen molar-refractivity contribution in [2.45, 2.75) is 13.8 Å². The van der Waals surface area contributed by atoms with Gasteiger partial charge in [0.2, 0.25) is 0 Å². The summed E-state index contributed by atoms with van der Waals surface area (Å²) in [6.45, 7) is 4.30. The van der Waals surface area contributed by atoms with E-state index in [1.54, 1.807) is 0 Å². The quantitative estimate of drug-likeness (QED) is 0.614. The van der Waals surface area contributed by atoms with Crippen molar-refractivity contribution in [3.63, 3.8) is 0 Å². The van der Waals surface area contributed by atoms with Crippen LogP contribution in [0.5, 0.6) is 0 Å². The molecule has 0 nitrogen and oxygen atoms in total. The molecule has 60 valence electrons. The summed E-state index contributed by atoms with van der Waals surface area (Å²) in [6, 6.07) is 10.9. The molecular weight excluding hydrogens is 223 g/mol. The van der Waals surface area contributed by atoms with Crippen LogP contribution in [0.3, 0.4) is 0 Å². The first-order valence-electron chi connectivity index (χ1n) is 3.90. The van der Waals surface area contributed by atoms with Gasteiger partial charge in [-0.2, -0.15) is 12.1 Å². The van der Waals surface area contributed by atoms with Gasteiger partial charge in [0, 0.05) is 26.2 Å². The molecule has 0 aliphatic rings. The third-order valence-electron chi connectivity index (χ3n) is 2.10. The Bertz CT molecular complexity index is 385. The van der Waals surface area contributed by atoms with E-state index in [0.29, 0.717) is 0 Å². The Labute approximate surface area is 92.1 Å². The maximum Gasteiger partial charge on any atom is 0 e. The van der Waals surface area contributed by atoms with Crippen molar-refractivity contribution in [2.75, 3.05) is 0 Å². The van der Waals surface area contributed by atoms with E-state index in [2.05, 4.69) is 44.2 Å². The number of hydrogen-bond donors (Lipinski definition) is 0. The van der Waals surface area contributed by atoms with Gasteiger partial charge in [-0.15, -0.1) is 22.9 Å². The van der Waals surface area contributed by atoms with Gasteiger partial charge < -0.3 is 0 Å². The minimum atomic E-state index is 0. The van der Waals surface area contributed by atoms with Gasteiger partial charge in [0.05, 0.1) is 0 Å². The third kappa shape index (κ3) is 1.56. The van der Waals surface area contributed by atoms with Crippen molar-refractivity contribution < 1.29 is 26.2 Å². The van der Waals surface area contributed by atoms with Crippen molar-refractivity contribution in [2.24, 2.45) is 0 Å². The average Bonchev–Trinajstić information content (AvgIpc) is 2.34. The molecule has 0 unspecified atom stereocenters. The number of hydrogen-bond acceptors (Lipinski definition) is 0. The Hall–Kier alpha value is -0.287. The smallest absolute Gasteiger partial charge is 0 e. The zero-order chi connectivity index (χ0) is 7.84. The molecule has 0 aliphatic carbocycles. The summed E-state index contributed by atoms with van der Waals surface area (Å²) in [5.74, 6) is 0. The first kappa shape index (κ1) is 9.80. The van der Waals surface area contributed by atoms with Gasteiger partial charge in [-0.25, -0.2) is 0 Å². The number of rotatable bonds is 0. The van der Waals surface area contributed by atoms with Gasteiger partial charge in [0.25, 0.3) is 0 Å². The number of fused-ring (bicyclic) bond motifs is 1. The van der Waals surface area contributed by atoms with Crippen LogP contribution in [0, 0.1) is 13.8 Å². The summed E-state index contributed by atoms with van der Waals surface area (Å²) in [5.41, 5.74) is 2.73. The molecule has 0 amide bonds. The fourth-order valence-electron chi connectivity index (χ4n) is 1.63. The molecule has 0 saturated carbocycles. The standard InChI is InChI=1S/C11H11.Zr/c1-8-6-9(2)11-5-3-4-10(11)7-8;/h3-7H,1-2H3;/q-1;. The molecule has 0 fully saturated rings. The molecule has 0 N–H and O–H groups in total. The van der Waals surface area contributed by atoms with Crippen LogP contribution >= 0.6 is 0 Å². The fraction of sp³-hybridized carbons (Fsp3) is 0.182. The van der Waals surface area contributed by atoms with Crippen LogP contribution < -0.4 is 0 Å². The van der Waals surface area contributed by atoms with Crippen LogP contribution in [0.2, 0.25) is 0 Å². The topological polar surface area (TPSA) is 0 Å². The molecule has 1 heteroatoms. The zero-order valence-electron chi connectivity index (χ0n) is 7.39. The first-order chi connectivity index (χ1) is 5.27. The molecule has 0 aliphatic heterocycles. The first-order valence-corrected chi connectivity index (χ1v) is 3.90. The van der Waals surface area contributed by atoms with E-state index >= 15 is 0 Å². The van der Waals surface area contributed by atoms with Crippen LogP contribution in [0.4, 0.5) is 0 Å². The van der Waals surface area contributed by atoms with Crippen molar-refractivity contribution >= 4 is 10.8 Å². The average molecular weight is 234 g/mol. The molecule has 0 bridgehead atoms. The predicted octanol–water partition coefficient (Wildman–Crippen LogP) is 3.17. The second-order valence-electron chi connectivity index (χ2n) is 3.11. The Morgan fingerprint density at radius 1 is 1.17 bits per heavy atom. The molecule has 0 spiro atoms. The Morgan fingerprint density at radius 2 is 1.92 bits per heavy atom. The Morgan fingerprint density at radius 3 is 2.67 bits per heavy atom. The molecule has 2 aromatic rings. The van der Waals surface area contributed by atoms with Crippen LogP contribution in [0.1, 0.15) is 11.1 Å². The van der Waals surface area contributed by atoms with Crippen molar-refractivity contribution in [3.05, 3.63) is 41.5 Å². The number of aryl methyl sites for hydroxylation is 2. The summed E-state index contributed by atoms with van der Waals surface area (Å²) >= 11 is 0. The van der Waals surface area contributed by atoms with E-state index in [0.717, 1.165) is 0 Å². The molecule has 0 heterocycles. The van der Waals surface area contributed by atoms with E-state index in [4.69, 9.17) is 0 Å². The van der Waals surface area contributed by atoms with Gasteiger partial charge in [0.1, 0.15) is 0 Å². The molecular formula is C11H11Zr-. The van der Waals surface area contributed by atoms with E-state index in [9.17, 15) is 0 Å². The summed E-state index contributed by atoms with van der Waals surface area (Å²) in [7, 11) is 0. The number of benzene rings is 1. The summed E-state index contributed by atoms with van der Waals surface area (Å²) < 4.78 is 0. The second kappa shape index (κ2) is 3.62. The van der Waals surface area contributed by atoms with Crippen LogP contribution in [0.15, 0.2) is 30.3 Å². The SMILES string of the molecule is Cc1cc(C)c2cc[cH-]c2c1.[Zr]. The van der Waals surface area contributed by atoms with Crippen LogP contribution in [0.25, 0.3) is 10.8 Å². The van der Waals surface area contributed by atoms with Crippen LogP contribution in [-0.4, -0.2) is 0 Å².